The van der Waals surface area contributed by atoms with Gasteiger partial charge in [-0.05, 0) is 42.3 Å². The van der Waals surface area contributed by atoms with E-state index in [4.69, 9.17) is 9.72 Å². The second-order valence-electron chi connectivity index (χ2n) is 7.55. The highest BCUT2D eigenvalue weighted by molar-refractivity contribution is 5.94. The molecule has 0 aliphatic rings. The van der Waals surface area contributed by atoms with Gasteiger partial charge in [0.25, 0.3) is 5.91 Å². The van der Waals surface area contributed by atoms with Crippen molar-refractivity contribution in [3.8, 4) is 5.75 Å². The Balaban J connectivity index is 1.71. The fraction of sp³-hybridized carbons (Fsp3) is 0.231. The molecule has 158 valence electrons. The third-order valence-corrected chi connectivity index (χ3v) is 5.33. The van der Waals surface area contributed by atoms with Crippen molar-refractivity contribution < 1.29 is 9.53 Å². The van der Waals surface area contributed by atoms with E-state index in [-0.39, 0.29) is 5.91 Å². The van der Waals surface area contributed by atoms with E-state index in [9.17, 15) is 4.79 Å². The number of carbonyl (C=O) groups is 1. The molecule has 0 bridgehead atoms. The van der Waals surface area contributed by atoms with Crippen LogP contribution in [0.4, 0.5) is 0 Å². The third kappa shape index (κ3) is 4.61. The fourth-order valence-corrected chi connectivity index (χ4v) is 3.83. The highest BCUT2D eigenvalue weighted by Crippen LogP contribution is 2.21. The molecule has 0 aliphatic heterocycles. The SMILES string of the molecule is CCCn1c(CN(Cc2ccccc2)C(=O)c2cccc(OC)c2)nc2ccccc21. The van der Waals surface area contributed by atoms with Crippen LogP contribution in [0.15, 0.2) is 78.9 Å². The van der Waals surface area contributed by atoms with Gasteiger partial charge in [0.1, 0.15) is 11.6 Å². The third-order valence-electron chi connectivity index (χ3n) is 5.33. The second kappa shape index (κ2) is 9.47. The zero-order valence-corrected chi connectivity index (χ0v) is 18.0. The number of benzene rings is 3. The number of methoxy groups -OCH3 is 1. The number of nitrogens with zero attached hydrogens (tertiary/aromatic N) is 3. The van der Waals surface area contributed by atoms with Crippen LogP contribution in [0.2, 0.25) is 0 Å². The van der Waals surface area contributed by atoms with Crippen LogP contribution in [0.3, 0.4) is 0 Å². The Kier molecular flexibility index (Phi) is 6.32. The van der Waals surface area contributed by atoms with Crippen molar-refractivity contribution in [3.05, 3.63) is 95.8 Å². The molecule has 1 heterocycles. The molecule has 0 aliphatic carbocycles. The lowest BCUT2D eigenvalue weighted by Crippen LogP contribution is -2.31. The number of para-hydroxylation sites is 2. The lowest BCUT2D eigenvalue weighted by molar-refractivity contribution is 0.0723. The number of ether oxygens (including phenoxy) is 1. The molecule has 0 N–H and O–H groups in total. The predicted molar refractivity (Wildman–Crippen MR) is 123 cm³/mol. The van der Waals surface area contributed by atoms with E-state index >= 15 is 0 Å². The van der Waals surface area contributed by atoms with Crippen molar-refractivity contribution in [1.29, 1.82) is 0 Å². The van der Waals surface area contributed by atoms with Crippen LogP contribution in [0.1, 0.15) is 35.1 Å². The van der Waals surface area contributed by atoms with Crippen LogP contribution < -0.4 is 4.74 Å². The first-order valence-corrected chi connectivity index (χ1v) is 10.6. The zero-order valence-electron chi connectivity index (χ0n) is 18.0. The molecule has 5 nitrogen and oxygen atoms in total. The van der Waals surface area contributed by atoms with Crippen LogP contribution in [0.5, 0.6) is 5.75 Å². The molecule has 4 aromatic rings. The van der Waals surface area contributed by atoms with Crippen LogP contribution in [0, 0.1) is 0 Å². The van der Waals surface area contributed by atoms with E-state index in [0.717, 1.165) is 35.4 Å². The van der Waals surface area contributed by atoms with Gasteiger partial charge in [-0.25, -0.2) is 4.98 Å². The van der Waals surface area contributed by atoms with Crippen molar-refractivity contribution >= 4 is 16.9 Å². The number of rotatable bonds is 8. The second-order valence-corrected chi connectivity index (χ2v) is 7.55. The first kappa shape index (κ1) is 20.7. The molecule has 0 saturated heterocycles. The van der Waals surface area contributed by atoms with Gasteiger partial charge in [0, 0.05) is 18.7 Å². The van der Waals surface area contributed by atoms with Gasteiger partial charge in [-0.15, -0.1) is 0 Å². The van der Waals surface area contributed by atoms with Crippen LogP contribution in [-0.2, 0) is 19.6 Å². The Morgan fingerprint density at radius 3 is 2.52 bits per heavy atom. The number of amides is 1. The Labute approximate surface area is 182 Å². The maximum atomic E-state index is 13.5. The molecule has 3 aromatic carbocycles. The topological polar surface area (TPSA) is 47.4 Å². The Morgan fingerprint density at radius 1 is 0.968 bits per heavy atom. The Morgan fingerprint density at radius 2 is 1.74 bits per heavy atom. The maximum absolute atomic E-state index is 13.5. The van der Waals surface area contributed by atoms with Gasteiger partial charge in [0.05, 0.1) is 24.7 Å². The molecule has 0 saturated carbocycles. The number of aromatic nitrogens is 2. The first-order chi connectivity index (χ1) is 15.2. The van der Waals surface area contributed by atoms with Gasteiger partial charge in [0.2, 0.25) is 0 Å². The van der Waals surface area contributed by atoms with Crippen molar-refractivity contribution in [2.75, 3.05) is 7.11 Å². The van der Waals surface area contributed by atoms with Gasteiger partial charge in [-0.3, -0.25) is 4.79 Å². The zero-order chi connectivity index (χ0) is 21.6. The van der Waals surface area contributed by atoms with Crippen LogP contribution in [0.25, 0.3) is 11.0 Å². The van der Waals surface area contributed by atoms with E-state index < -0.39 is 0 Å². The van der Waals surface area contributed by atoms with E-state index in [1.165, 1.54) is 0 Å². The molecule has 0 radical (unpaired) electrons. The fourth-order valence-electron chi connectivity index (χ4n) is 3.83. The highest BCUT2D eigenvalue weighted by atomic mass is 16.5. The number of aryl methyl sites for hydroxylation is 1. The summed E-state index contributed by atoms with van der Waals surface area (Å²) in [5.41, 5.74) is 3.75. The molecule has 5 heteroatoms. The van der Waals surface area contributed by atoms with Crippen molar-refractivity contribution in [3.63, 3.8) is 0 Å². The molecule has 0 unspecified atom stereocenters. The lowest BCUT2D eigenvalue weighted by atomic mass is 10.1. The van der Waals surface area contributed by atoms with Gasteiger partial charge in [-0.2, -0.15) is 0 Å². The highest BCUT2D eigenvalue weighted by Gasteiger charge is 2.21. The minimum atomic E-state index is -0.0437. The number of hydrogen-bond acceptors (Lipinski definition) is 3. The van der Waals surface area contributed by atoms with E-state index in [1.54, 1.807) is 13.2 Å². The van der Waals surface area contributed by atoms with Gasteiger partial charge >= 0.3 is 0 Å². The monoisotopic (exact) mass is 413 g/mol. The maximum Gasteiger partial charge on any atom is 0.254 e. The number of hydrogen-bond donors (Lipinski definition) is 0. The number of imidazole rings is 1. The minimum absolute atomic E-state index is 0.0437. The summed E-state index contributed by atoms with van der Waals surface area (Å²) >= 11 is 0. The number of fused-ring (bicyclic) bond motifs is 1. The van der Waals surface area contributed by atoms with Gasteiger partial charge in [-0.1, -0.05) is 55.5 Å². The smallest absolute Gasteiger partial charge is 0.254 e. The molecule has 4 rings (SSSR count). The molecular weight excluding hydrogens is 386 g/mol. The predicted octanol–water partition coefficient (Wildman–Crippen LogP) is 5.30. The first-order valence-electron chi connectivity index (χ1n) is 10.6. The van der Waals surface area contributed by atoms with E-state index in [1.807, 2.05) is 71.6 Å². The standard InChI is InChI=1S/C26H27N3O2/c1-3-16-29-24-15-8-7-14-23(24)27-25(29)19-28(18-20-10-5-4-6-11-20)26(30)21-12-9-13-22(17-21)31-2/h4-15,17H,3,16,18-19H2,1-2H3. The summed E-state index contributed by atoms with van der Waals surface area (Å²) in [5.74, 6) is 1.52. The van der Waals surface area contributed by atoms with E-state index in [2.05, 4.69) is 17.6 Å². The average Bonchev–Trinajstić information content (AvgIpc) is 3.16. The summed E-state index contributed by atoms with van der Waals surface area (Å²) in [7, 11) is 1.61. The summed E-state index contributed by atoms with van der Waals surface area (Å²) in [6.07, 6.45) is 0.996. The molecule has 1 amide bonds. The van der Waals surface area contributed by atoms with Crippen LogP contribution >= 0.6 is 0 Å². The summed E-state index contributed by atoms with van der Waals surface area (Å²) in [6, 6.07) is 25.5. The van der Waals surface area contributed by atoms with Crippen molar-refractivity contribution in [1.82, 2.24) is 14.5 Å². The normalized spacial score (nSPS) is 10.9. The summed E-state index contributed by atoms with van der Waals surface area (Å²) < 4.78 is 7.55. The minimum Gasteiger partial charge on any atom is -0.497 e. The molecule has 0 atom stereocenters. The molecule has 0 spiro atoms. The quantitative estimate of drug-likeness (QED) is 0.394. The average molecular weight is 414 g/mol. The van der Waals surface area contributed by atoms with E-state index in [0.29, 0.717) is 24.4 Å². The van der Waals surface area contributed by atoms with Crippen molar-refractivity contribution in [2.24, 2.45) is 0 Å². The molecular formula is C26H27N3O2. The largest absolute Gasteiger partial charge is 0.497 e. The number of carbonyl (C=O) groups excluding carboxylic acids is 1. The summed E-state index contributed by atoms with van der Waals surface area (Å²) in [6.45, 7) is 3.95. The Hall–Kier alpha value is -3.60. The summed E-state index contributed by atoms with van der Waals surface area (Å²) in [5, 5.41) is 0. The van der Waals surface area contributed by atoms with Crippen molar-refractivity contribution in [2.45, 2.75) is 33.0 Å². The Bertz CT molecular complexity index is 1170. The summed E-state index contributed by atoms with van der Waals surface area (Å²) in [4.78, 5) is 20.3. The van der Waals surface area contributed by atoms with Gasteiger partial charge < -0.3 is 14.2 Å². The van der Waals surface area contributed by atoms with Crippen LogP contribution in [-0.4, -0.2) is 27.5 Å². The molecule has 1 aromatic heterocycles. The lowest BCUT2D eigenvalue weighted by Gasteiger charge is -2.23. The molecule has 31 heavy (non-hydrogen) atoms. The van der Waals surface area contributed by atoms with Gasteiger partial charge in [0.15, 0.2) is 0 Å². The molecule has 0 fully saturated rings.